The van der Waals surface area contributed by atoms with Crippen molar-refractivity contribution in [3.05, 3.63) is 0 Å². The van der Waals surface area contributed by atoms with Crippen LogP contribution >= 0.6 is 0 Å². The molecule has 64 valence electrons. The molecule has 0 rings (SSSR count). The van der Waals surface area contributed by atoms with Gasteiger partial charge in [-0.2, -0.15) is 4.99 Å². The molecule has 0 amide bonds. The zero-order valence-electron chi connectivity index (χ0n) is 6.83. The van der Waals surface area contributed by atoms with Crippen molar-refractivity contribution in [3.8, 4) is 0 Å². The molecule has 0 radical (unpaired) electrons. The van der Waals surface area contributed by atoms with Gasteiger partial charge in [-0.05, 0) is 0 Å². The number of rotatable bonds is 3. The fourth-order valence-corrected chi connectivity index (χ4v) is 0.0999. The predicted molar refractivity (Wildman–Crippen MR) is 41.2 cm³/mol. The molecule has 0 saturated carbocycles. The maximum atomic E-state index is 9.49. The molecular weight excluding hydrogens is 146 g/mol. The summed E-state index contributed by atoms with van der Waals surface area (Å²) in [5.41, 5.74) is 0. The van der Waals surface area contributed by atoms with Crippen molar-refractivity contribution >= 4 is 12.0 Å². The first-order valence-electron chi connectivity index (χ1n) is 3.44. The van der Waals surface area contributed by atoms with Crippen LogP contribution in [0.2, 0.25) is 0 Å². The van der Waals surface area contributed by atoms with E-state index in [4.69, 9.17) is 9.90 Å². The van der Waals surface area contributed by atoms with Crippen LogP contribution < -0.4 is 0 Å². The third-order valence-electron chi connectivity index (χ3n) is 0.779. The Kier molecular flexibility index (Phi) is 13.2. The van der Waals surface area contributed by atoms with Gasteiger partial charge in [-0.1, -0.05) is 26.7 Å². The van der Waals surface area contributed by atoms with Crippen LogP contribution in [-0.2, 0) is 9.59 Å². The molecule has 0 saturated heterocycles. The third kappa shape index (κ3) is 28.0. The summed E-state index contributed by atoms with van der Waals surface area (Å²) in [4.78, 5) is 21.4. The largest absolute Gasteiger partial charge is 0.480 e. The van der Waals surface area contributed by atoms with E-state index in [9.17, 15) is 4.79 Å². The van der Waals surface area contributed by atoms with E-state index in [-0.39, 0.29) is 0 Å². The van der Waals surface area contributed by atoms with Crippen molar-refractivity contribution < 1.29 is 14.7 Å². The molecule has 0 aliphatic carbocycles. The lowest BCUT2D eigenvalue weighted by atomic mass is 10.4. The average molecular weight is 159 g/mol. The van der Waals surface area contributed by atoms with Crippen LogP contribution in [0.15, 0.2) is 4.99 Å². The Morgan fingerprint density at radius 2 is 1.91 bits per heavy atom. The SMILES string of the molecule is CCCC.O=C=NCC(=O)O. The number of unbranched alkanes of at least 4 members (excludes halogenated alkanes) is 1. The summed E-state index contributed by atoms with van der Waals surface area (Å²) in [5, 5.41) is 7.77. The Labute approximate surface area is 65.9 Å². The van der Waals surface area contributed by atoms with Gasteiger partial charge in [-0.3, -0.25) is 4.79 Å². The van der Waals surface area contributed by atoms with E-state index in [0.717, 1.165) is 6.08 Å². The number of nitrogens with zero attached hydrogens (tertiary/aromatic N) is 1. The van der Waals surface area contributed by atoms with E-state index in [1.54, 1.807) is 0 Å². The fraction of sp³-hybridized carbons (Fsp3) is 0.714. The second kappa shape index (κ2) is 11.6. The Morgan fingerprint density at radius 1 is 1.45 bits per heavy atom. The lowest BCUT2D eigenvalue weighted by molar-refractivity contribution is -0.135. The van der Waals surface area contributed by atoms with E-state index in [1.807, 2.05) is 0 Å². The number of isocyanates is 1. The number of aliphatic imine (C=N–C) groups is 1. The van der Waals surface area contributed by atoms with Gasteiger partial charge in [0, 0.05) is 0 Å². The van der Waals surface area contributed by atoms with Crippen LogP contribution in [0, 0.1) is 0 Å². The number of carbonyl (C=O) groups excluding carboxylic acids is 1. The highest BCUT2D eigenvalue weighted by Gasteiger charge is 1.87. The minimum absolute atomic E-state index is 0.483. The van der Waals surface area contributed by atoms with Crippen LogP contribution in [0.3, 0.4) is 0 Å². The molecule has 0 aliphatic heterocycles. The molecular formula is C7H13NO3. The van der Waals surface area contributed by atoms with Crippen LogP contribution in [0.4, 0.5) is 0 Å². The molecule has 0 bridgehead atoms. The van der Waals surface area contributed by atoms with Gasteiger partial charge < -0.3 is 5.11 Å². The molecule has 0 fully saturated rings. The highest BCUT2D eigenvalue weighted by Crippen LogP contribution is 1.76. The van der Waals surface area contributed by atoms with E-state index >= 15 is 0 Å². The molecule has 1 N–H and O–H groups in total. The molecule has 0 heterocycles. The Morgan fingerprint density at radius 3 is 2.00 bits per heavy atom. The fourth-order valence-electron chi connectivity index (χ4n) is 0.0999. The topological polar surface area (TPSA) is 66.7 Å². The van der Waals surface area contributed by atoms with E-state index in [1.165, 1.54) is 12.8 Å². The van der Waals surface area contributed by atoms with Gasteiger partial charge >= 0.3 is 5.97 Å². The molecule has 0 aliphatic rings. The highest BCUT2D eigenvalue weighted by molar-refractivity contribution is 5.70. The molecule has 0 aromatic heterocycles. The summed E-state index contributed by atoms with van der Waals surface area (Å²) < 4.78 is 0. The van der Waals surface area contributed by atoms with Gasteiger partial charge in [0.25, 0.3) is 0 Å². The number of hydrogen-bond acceptors (Lipinski definition) is 3. The lowest BCUT2D eigenvalue weighted by Crippen LogP contribution is -1.97. The maximum Gasteiger partial charge on any atom is 0.326 e. The summed E-state index contributed by atoms with van der Waals surface area (Å²) in [7, 11) is 0. The molecule has 4 heteroatoms. The van der Waals surface area contributed by atoms with Crippen LogP contribution in [0.5, 0.6) is 0 Å². The minimum atomic E-state index is -1.12. The van der Waals surface area contributed by atoms with E-state index in [0.29, 0.717) is 0 Å². The second-order valence-electron chi connectivity index (χ2n) is 1.80. The Hall–Kier alpha value is -1.15. The summed E-state index contributed by atoms with van der Waals surface area (Å²) in [5.74, 6) is -1.12. The van der Waals surface area contributed by atoms with E-state index < -0.39 is 12.5 Å². The smallest absolute Gasteiger partial charge is 0.326 e. The molecule has 4 nitrogen and oxygen atoms in total. The van der Waals surface area contributed by atoms with Crippen molar-refractivity contribution in [2.75, 3.05) is 6.54 Å². The molecule has 0 atom stereocenters. The van der Waals surface area contributed by atoms with Gasteiger partial charge in [0.15, 0.2) is 0 Å². The zero-order valence-corrected chi connectivity index (χ0v) is 6.83. The first-order chi connectivity index (χ1) is 5.18. The minimum Gasteiger partial charge on any atom is -0.480 e. The third-order valence-corrected chi connectivity index (χ3v) is 0.779. The van der Waals surface area contributed by atoms with Crippen LogP contribution in [0.25, 0.3) is 0 Å². The quantitative estimate of drug-likeness (QED) is 0.497. The van der Waals surface area contributed by atoms with Crippen molar-refractivity contribution in [1.29, 1.82) is 0 Å². The van der Waals surface area contributed by atoms with Crippen molar-refractivity contribution in [2.24, 2.45) is 4.99 Å². The lowest BCUT2D eigenvalue weighted by Gasteiger charge is -1.73. The summed E-state index contributed by atoms with van der Waals surface area (Å²) in [6.45, 7) is 3.88. The van der Waals surface area contributed by atoms with Crippen molar-refractivity contribution in [2.45, 2.75) is 26.7 Å². The van der Waals surface area contributed by atoms with Crippen LogP contribution in [0.1, 0.15) is 26.7 Å². The van der Waals surface area contributed by atoms with Gasteiger partial charge in [-0.25, -0.2) is 4.79 Å². The van der Waals surface area contributed by atoms with E-state index in [2.05, 4.69) is 18.8 Å². The molecule has 11 heavy (non-hydrogen) atoms. The van der Waals surface area contributed by atoms with Crippen molar-refractivity contribution in [1.82, 2.24) is 0 Å². The average Bonchev–Trinajstić information content (AvgIpc) is 2.01. The number of carboxylic acid groups (broad SMARTS) is 1. The second-order valence-corrected chi connectivity index (χ2v) is 1.80. The first-order valence-corrected chi connectivity index (χ1v) is 3.44. The van der Waals surface area contributed by atoms with Gasteiger partial charge in [-0.15, -0.1) is 0 Å². The Bertz CT molecular complexity index is 137. The highest BCUT2D eigenvalue weighted by atomic mass is 16.4. The number of carboxylic acids is 1. The van der Waals surface area contributed by atoms with Gasteiger partial charge in [0.05, 0.1) is 0 Å². The first kappa shape index (κ1) is 12.5. The molecule has 0 unspecified atom stereocenters. The molecule has 0 aromatic rings. The summed E-state index contributed by atoms with van der Waals surface area (Å²) in [6, 6.07) is 0. The predicted octanol–water partition coefficient (Wildman–Crippen LogP) is 1.21. The zero-order chi connectivity index (χ0) is 9.11. The molecule has 0 spiro atoms. The van der Waals surface area contributed by atoms with Crippen LogP contribution in [-0.4, -0.2) is 23.7 Å². The molecule has 0 aromatic carbocycles. The van der Waals surface area contributed by atoms with Crippen molar-refractivity contribution in [3.63, 3.8) is 0 Å². The maximum absolute atomic E-state index is 9.49. The standard InChI is InChI=1S/C4H10.C3H3NO3/c1-3-4-2;5-2-4-1-3(6)7/h3-4H2,1-2H3;1H2,(H,6,7). The summed E-state index contributed by atoms with van der Waals surface area (Å²) in [6.07, 6.45) is 3.73. The number of aliphatic carboxylic acids is 1. The van der Waals surface area contributed by atoms with Gasteiger partial charge in [0.1, 0.15) is 6.54 Å². The summed E-state index contributed by atoms with van der Waals surface area (Å²) >= 11 is 0. The Balaban J connectivity index is 0. The number of carbonyl (C=O) groups is 1. The number of hydrogen-bond donors (Lipinski definition) is 1. The normalized spacial score (nSPS) is 7.09. The monoisotopic (exact) mass is 159 g/mol. The van der Waals surface area contributed by atoms with Gasteiger partial charge in [0.2, 0.25) is 6.08 Å².